The van der Waals surface area contributed by atoms with Crippen LogP contribution in [0.4, 0.5) is 16.6 Å². The Morgan fingerprint density at radius 1 is 1.00 bits per heavy atom. The minimum Gasteiger partial charge on any atom is -0.441 e. The quantitative estimate of drug-likeness (QED) is 0.673. The molecule has 1 aliphatic carbocycles. The maximum atomic E-state index is 12.4. The summed E-state index contributed by atoms with van der Waals surface area (Å²) in [7, 11) is 0. The number of nitrogens with zero attached hydrogens (tertiary/aromatic N) is 5. The van der Waals surface area contributed by atoms with Gasteiger partial charge in [0.05, 0.1) is 12.2 Å². The van der Waals surface area contributed by atoms with Crippen molar-refractivity contribution < 1.29 is 9.53 Å². The van der Waals surface area contributed by atoms with Crippen molar-refractivity contribution in [3.63, 3.8) is 0 Å². The van der Waals surface area contributed by atoms with Crippen LogP contribution >= 0.6 is 0 Å². The summed E-state index contributed by atoms with van der Waals surface area (Å²) in [5.41, 5.74) is 1.36. The lowest BCUT2D eigenvalue weighted by atomic mass is 9.78. The second-order valence-electron chi connectivity index (χ2n) is 8.16. The van der Waals surface area contributed by atoms with E-state index in [4.69, 9.17) is 4.74 Å². The van der Waals surface area contributed by atoms with Crippen molar-refractivity contribution in [3.05, 3.63) is 61.2 Å². The maximum Gasteiger partial charge on any atom is 0.416 e. The molecule has 0 unspecified atom stereocenters. The molecule has 2 aliphatic rings. The van der Waals surface area contributed by atoms with Crippen LogP contribution in [-0.2, 0) is 4.74 Å². The average molecular weight is 416 g/mol. The number of pyridine rings is 2. The molecule has 0 atom stereocenters. The van der Waals surface area contributed by atoms with Crippen LogP contribution in [0.2, 0.25) is 0 Å². The summed E-state index contributed by atoms with van der Waals surface area (Å²) in [6.07, 6.45) is 10.4. The van der Waals surface area contributed by atoms with Gasteiger partial charge in [-0.3, -0.25) is 9.88 Å². The first-order valence-electron chi connectivity index (χ1n) is 10.6. The zero-order valence-electron chi connectivity index (χ0n) is 17.1. The van der Waals surface area contributed by atoms with Crippen LogP contribution < -0.4 is 10.2 Å². The molecule has 158 valence electrons. The minimum atomic E-state index is -0.397. The van der Waals surface area contributed by atoms with Gasteiger partial charge in [-0.25, -0.2) is 19.7 Å². The van der Waals surface area contributed by atoms with Gasteiger partial charge in [0.2, 0.25) is 5.95 Å². The number of anilines is 2. The van der Waals surface area contributed by atoms with Crippen LogP contribution in [0.15, 0.2) is 61.2 Å². The lowest BCUT2D eigenvalue weighted by Gasteiger charge is -2.35. The van der Waals surface area contributed by atoms with Crippen molar-refractivity contribution in [1.82, 2.24) is 19.9 Å². The summed E-state index contributed by atoms with van der Waals surface area (Å²) in [4.78, 5) is 31.5. The zero-order chi connectivity index (χ0) is 21.1. The molecule has 4 heterocycles. The Balaban J connectivity index is 1.14. The number of carbonyl (C=O) groups is 1. The van der Waals surface area contributed by atoms with Gasteiger partial charge in [0.1, 0.15) is 11.4 Å². The predicted molar refractivity (Wildman–Crippen MR) is 117 cm³/mol. The number of amides is 1. The van der Waals surface area contributed by atoms with Crippen molar-refractivity contribution in [3.8, 4) is 11.3 Å². The molecule has 1 saturated carbocycles. The first-order valence-corrected chi connectivity index (χ1v) is 10.6. The molecule has 1 N–H and O–H groups in total. The van der Waals surface area contributed by atoms with Crippen LogP contribution in [0, 0.1) is 5.92 Å². The molecule has 0 bridgehead atoms. The van der Waals surface area contributed by atoms with Gasteiger partial charge in [-0.1, -0.05) is 12.1 Å². The normalized spacial score (nSPS) is 23.0. The van der Waals surface area contributed by atoms with Crippen LogP contribution in [0.25, 0.3) is 11.3 Å². The molecule has 1 saturated heterocycles. The van der Waals surface area contributed by atoms with Crippen molar-refractivity contribution in [1.29, 1.82) is 0 Å². The van der Waals surface area contributed by atoms with E-state index in [0.717, 1.165) is 43.5 Å². The van der Waals surface area contributed by atoms with Crippen LogP contribution in [0.5, 0.6) is 0 Å². The Kier molecular flexibility index (Phi) is 5.19. The molecule has 0 aromatic carbocycles. The molecular formula is C23H24N6O2. The van der Waals surface area contributed by atoms with E-state index in [2.05, 4.69) is 25.3 Å². The number of hydrogen-bond donors (Lipinski definition) is 1. The largest absolute Gasteiger partial charge is 0.441 e. The van der Waals surface area contributed by atoms with Gasteiger partial charge in [0.15, 0.2) is 0 Å². The van der Waals surface area contributed by atoms with E-state index >= 15 is 0 Å². The average Bonchev–Trinajstić information content (AvgIpc) is 3.16. The molecule has 8 nitrogen and oxygen atoms in total. The van der Waals surface area contributed by atoms with E-state index in [9.17, 15) is 4.79 Å². The Morgan fingerprint density at radius 3 is 2.42 bits per heavy atom. The highest BCUT2D eigenvalue weighted by Gasteiger charge is 2.47. The van der Waals surface area contributed by atoms with E-state index in [-0.39, 0.29) is 6.09 Å². The molecule has 1 spiro atoms. The maximum absolute atomic E-state index is 12.4. The standard InChI is InChI=1S/C23H24N6O2/c30-22-29(20-6-2-4-12-25-20)16-23(31-22)9-7-17(8-10-23)13-26-21-27-14-18(15-28-21)19-5-1-3-11-24-19/h1-6,11-12,14-15,17H,7-10,13,16H2,(H,26,27,28)/t17-,23-. The molecule has 5 rings (SSSR count). The van der Waals surface area contributed by atoms with E-state index in [1.54, 1.807) is 29.7 Å². The summed E-state index contributed by atoms with van der Waals surface area (Å²) in [5, 5.41) is 3.34. The lowest BCUT2D eigenvalue weighted by Crippen LogP contribution is -2.39. The number of carbonyl (C=O) groups excluding carboxylic acids is 1. The molecule has 1 amide bonds. The number of rotatable bonds is 5. The fourth-order valence-electron chi connectivity index (χ4n) is 4.30. The number of aromatic nitrogens is 4. The van der Waals surface area contributed by atoms with Crippen molar-refractivity contribution in [2.24, 2.45) is 5.92 Å². The topological polar surface area (TPSA) is 93.1 Å². The smallest absolute Gasteiger partial charge is 0.416 e. The Bertz CT molecular complexity index is 1020. The van der Waals surface area contributed by atoms with Gasteiger partial charge in [-0.15, -0.1) is 0 Å². The molecular weight excluding hydrogens is 392 g/mol. The zero-order valence-corrected chi connectivity index (χ0v) is 17.1. The second-order valence-corrected chi connectivity index (χ2v) is 8.16. The summed E-state index contributed by atoms with van der Waals surface area (Å²) in [5.74, 6) is 1.76. The molecule has 8 heteroatoms. The highest BCUT2D eigenvalue weighted by atomic mass is 16.6. The Morgan fingerprint density at radius 2 is 1.74 bits per heavy atom. The molecule has 0 radical (unpaired) electrons. The van der Waals surface area contributed by atoms with E-state index in [0.29, 0.717) is 24.2 Å². The third kappa shape index (κ3) is 4.19. The van der Waals surface area contributed by atoms with Crippen molar-refractivity contribution in [2.75, 3.05) is 23.3 Å². The summed E-state index contributed by atoms with van der Waals surface area (Å²) >= 11 is 0. The first-order chi connectivity index (χ1) is 15.2. The van der Waals surface area contributed by atoms with Crippen LogP contribution in [0.1, 0.15) is 25.7 Å². The molecule has 3 aromatic rings. The Labute approximate surface area is 180 Å². The molecule has 2 fully saturated rings. The molecule has 3 aromatic heterocycles. The third-order valence-corrected chi connectivity index (χ3v) is 6.07. The highest BCUT2D eigenvalue weighted by molar-refractivity contribution is 5.89. The fraction of sp³-hybridized carbons (Fsp3) is 0.348. The van der Waals surface area contributed by atoms with Crippen LogP contribution in [0.3, 0.4) is 0 Å². The molecule has 31 heavy (non-hydrogen) atoms. The van der Waals surface area contributed by atoms with Gasteiger partial charge < -0.3 is 10.1 Å². The SMILES string of the molecule is O=C1O[C@]2(CC[C@H](CNc3ncc(-c4ccccn4)cn3)CC2)CN1c1ccccn1. The number of ether oxygens (including phenoxy) is 1. The number of hydrogen-bond acceptors (Lipinski definition) is 7. The van der Waals surface area contributed by atoms with Gasteiger partial charge in [0.25, 0.3) is 0 Å². The van der Waals surface area contributed by atoms with Gasteiger partial charge >= 0.3 is 6.09 Å². The fourth-order valence-corrected chi connectivity index (χ4v) is 4.30. The van der Waals surface area contributed by atoms with E-state index in [1.807, 2.05) is 36.4 Å². The highest BCUT2D eigenvalue weighted by Crippen LogP contribution is 2.40. The van der Waals surface area contributed by atoms with Gasteiger partial charge in [0, 0.05) is 36.9 Å². The first kappa shape index (κ1) is 19.4. The van der Waals surface area contributed by atoms with Gasteiger partial charge in [-0.05, 0) is 55.9 Å². The monoisotopic (exact) mass is 416 g/mol. The minimum absolute atomic E-state index is 0.295. The lowest BCUT2D eigenvalue weighted by molar-refractivity contribution is 0.0148. The van der Waals surface area contributed by atoms with Gasteiger partial charge in [-0.2, -0.15) is 0 Å². The third-order valence-electron chi connectivity index (χ3n) is 6.07. The summed E-state index contributed by atoms with van der Waals surface area (Å²) < 4.78 is 5.82. The predicted octanol–water partition coefficient (Wildman–Crippen LogP) is 3.93. The molecule has 1 aliphatic heterocycles. The van der Waals surface area contributed by atoms with Crippen molar-refractivity contribution in [2.45, 2.75) is 31.3 Å². The van der Waals surface area contributed by atoms with E-state index in [1.165, 1.54) is 0 Å². The van der Waals surface area contributed by atoms with Crippen molar-refractivity contribution >= 4 is 17.9 Å². The van der Waals surface area contributed by atoms with E-state index < -0.39 is 5.60 Å². The summed E-state index contributed by atoms with van der Waals surface area (Å²) in [6.45, 7) is 1.37. The summed E-state index contributed by atoms with van der Waals surface area (Å²) in [6, 6.07) is 11.3. The Hall–Kier alpha value is -3.55. The number of nitrogens with one attached hydrogen (secondary N) is 1. The second kappa shape index (κ2) is 8.29. The van der Waals surface area contributed by atoms with Crippen LogP contribution in [-0.4, -0.2) is 44.7 Å².